The highest BCUT2D eigenvalue weighted by Crippen LogP contribution is 2.21. The summed E-state index contributed by atoms with van der Waals surface area (Å²) in [5, 5.41) is 0. The summed E-state index contributed by atoms with van der Waals surface area (Å²) < 4.78 is 22.2. The fourth-order valence-corrected chi connectivity index (χ4v) is 2.24. The Labute approximate surface area is 118 Å². The van der Waals surface area contributed by atoms with Crippen molar-refractivity contribution >= 4 is 25.6 Å². The highest BCUT2D eigenvalue weighted by atomic mass is 35.7. The molecule has 0 aliphatic heterocycles. The lowest BCUT2D eigenvalue weighted by molar-refractivity contribution is 0.0620. The summed E-state index contributed by atoms with van der Waals surface area (Å²) >= 11 is 0. The van der Waals surface area contributed by atoms with Crippen molar-refractivity contribution in [1.82, 2.24) is 4.90 Å². The molecule has 4 nitrogen and oxygen atoms in total. The molecule has 0 fully saturated rings. The molecule has 1 amide bonds. The third-order valence-electron chi connectivity index (χ3n) is 3.46. The van der Waals surface area contributed by atoms with Gasteiger partial charge in [0.1, 0.15) is 0 Å². The van der Waals surface area contributed by atoms with Crippen molar-refractivity contribution in [3.63, 3.8) is 0 Å². The molecule has 0 bridgehead atoms. The van der Waals surface area contributed by atoms with E-state index in [1.165, 1.54) is 24.3 Å². The lowest BCUT2D eigenvalue weighted by atomic mass is 9.99. The van der Waals surface area contributed by atoms with E-state index in [0.717, 1.165) is 6.42 Å². The summed E-state index contributed by atoms with van der Waals surface area (Å²) in [5.41, 5.74) is 0.182. The molecule has 0 spiro atoms. The van der Waals surface area contributed by atoms with Crippen molar-refractivity contribution in [2.75, 3.05) is 7.05 Å². The molecule has 0 aliphatic carbocycles. The molecule has 0 unspecified atom stereocenters. The van der Waals surface area contributed by atoms with Gasteiger partial charge in [-0.2, -0.15) is 0 Å². The number of amides is 1. The first-order valence-electron chi connectivity index (χ1n) is 5.92. The molecule has 0 aliphatic rings. The summed E-state index contributed by atoms with van der Waals surface area (Å²) in [5.74, 6) is -0.148. The smallest absolute Gasteiger partial charge is 0.261 e. The second kappa shape index (κ2) is 5.51. The third kappa shape index (κ3) is 3.70. The van der Waals surface area contributed by atoms with Crippen LogP contribution in [-0.4, -0.2) is 31.8 Å². The maximum Gasteiger partial charge on any atom is 0.261 e. The Morgan fingerprint density at radius 3 is 2.11 bits per heavy atom. The van der Waals surface area contributed by atoms with Crippen LogP contribution in [0.2, 0.25) is 0 Å². The molecule has 0 radical (unpaired) electrons. The molecule has 1 rings (SSSR count). The number of rotatable bonds is 4. The van der Waals surface area contributed by atoms with Gasteiger partial charge in [-0.15, -0.1) is 0 Å². The minimum Gasteiger partial charge on any atom is -0.337 e. The first-order valence-corrected chi connectivity index (χ1v) is 8.23. The molecule has 1 aromatic rings. The van der Waals surface area contributed by atoms with Gasteiger partial charge in [-0.05, 0) is 44.5 Å². The number of carbonyl (C=O) groups is 1. The Kier molecular flexibility index (Phi) is 4.63. The molecule has 6 heteroatoms. The number of hydrogen-bond acceptors (Lipinski definition) is 3. The molecule has 0 heterocycles. The monoisotopic (exact) mass is 303 g/mol. The molecule has 19 heavy (non-hydrogen) atoms. The summed E-state index contributed by atoms with van der Waals surface area (Å²) in [7, 11) is 3.21. The van der Waals surface area contributed by atoms with Crippen LogP contribution < -0.4 is 0 Å². The van der Waals surface area contributed by atoms with E-state index in [4.69, 9.17) is 10.7 Å². The van der Waals surface area contributed by atoms with Gasteiger partial charge in [0.15, 0.2) is 0 Å². The Balaban J connectivity index is 3.03. The Morgan fingerprint density at radius 2 is 1.74 bits per heavy atom. The van der Waals surface area contributed by atoms with Crippen molar-refractivity contribution < 1.29 is 13.2 Å². The van der Waals surface area contributed by atoms with Gasteiger partial charge in [0.25, 0.3) is 15.0 Å². The quantitative estimate of drug-likeness (QED) is 0.804. The van der Waals surface area contributed by atoms with E-state index in [1.807, 2.05) is 20.8 Å². The van der Waals surface area contributed by atoms with Crippen molar-refractivity contribution in [2.24, 2.45) is 0 Å². The molecule has 0 saturated carbocycles. The van der Waals surface area contributed by atoms with Gasteiger partial charge in [0.2, 0.25) is 0 Å². The fraction of sp³-hybridized carbons (Fsp3) is 0.462. The largest absolute Gasteiger partial charge is 0.337 e. The second-order valence-electron chi connectivity index (χ2n) is 4.99. The molecule has 0 saturated heterocycles. The molecule has 0 atom stereocenters. The summed E-state index contributed by atoms with van der Waals surface area (Å²) in [4.78, 5) is 13.9. The number of nitrogens with zero attached hydrogens (tertiary/aromatic N) is 1. The molecular formula is C13H18ClNO3S. The van der Waals surface area contributed by atoms with Gasteiger partial charge in [0, 0.05) is 28.8 Å². The van der Waals surface area contributed by atoms with Gasteiger partial charge < -0.3 is 4.90 Å². The normalized spacial score (nSPS) is 12.3. The minimum atomic E-state index is -3.75. The zero-order valence-electron chi connectivity index (χ0n) is 11.5. The van der Waals surface area contributed by atoms with Gasteiger partial charge in [0.05, 0.1) is 4.90 Å². The average molecular weight is 304 g/mol. The van der Waals surface area contributed by atoms with Crippen LogP contribution in [0.4, 0.5) is 0 Å². The summed E-state index contributed by atoms with van der Waals surface area (Å²) in [6, 6.07) is 5.62. The van der Waals surface area contributed by atoms with Crippen LogP contribution in [0.5, 0.6) is 0 Å². The molecular weight excluding hydrogens is 286 g/mol. The summed E-state index contributed by atoms with van der Waals surface area (Å²) in [6.45, 7) is 5.96. The Bertz CT molecular complexity index is 564. The van der Waals surface area contributed by atoms with Gasteiger partial charge in [-0.1, -0.05) is 6.92 Å². The number of hydrogen-bond donors (Lipinski definition) is 0. The van der Waals surface area contributed by atoms with Crippen molar-refractivity contribution in [3.05, 3.63) is 29.8 Å². The van der Waals surface area contributed by atoms with Crippen LogP contribution >= 0.6 is 10.7 Å². The lowest BCUT2D eigenvalue weighted by Crippen LogP contribution is -2.44. The van der Waals surface area contributed by atoms with Crippen LogP contribution in [-0.2, 0) is 9.05 Å². The van der Waals surface area contributed by atoms with E-state index in [1.54, 1.807) is 11.9 Å². The molecule has 106 valence electrons. The SMILES string of the molecule is CCC(C)(C)N(C)C(=O)c1ccc(S(=O)(=O)Cl)cc1. The number of benzene rings is 1. The van der Waals surface area contributed by atoms with E-state index in [0.29, 0.717) is 5.56 Å². The van der Waals surface area contributed by atoms with E-state index >= 15 is 0 Å². The zero-order chi connectivity index (χ0) is 14.8. The van der Waals surface area contributed by atoms with E-state index in [2.05, 4.69) is 0 Å². The van der Waals surface area contributed by atoms with E-state index in [-0.39, 0.29) is 16.3 Å². The van der Waals surface area contributed by atoms with E-state index < -0.39 is 9.05 Å². The van der Waals surface area contributed by atoms with Crippen LogP contribution in [0.15, 0.2) is 29.2 Å². The van der Waals surface area contributed by atoms with Crippen molar-refractivity contribution in [1.29, 1.82) is 0 Å². The summed E-state index contributed by atoms with van der Waals surface area (Å²) in [6.07, 6.45) is 0.823. The standard InChI is InChI=1S/C13H18ClNO3S/c1-5-13(2,3)15(4)12(16)10-6-8-11(9-7-10)19(14,17)18/h6-9H,5H2,1-4H3. The van der Waals surface area contributed by atoms with Crippen LogP contribution in [0.25, 0.3) is 0 Å². The van der Waals surface area contributed by atoms with Gasteiger partial charge in [-0.25, -0.2) is 8.42 Å². The third-order valence-corrected chi connectivity index (χ3v) is 4.83. The highest BCUT2D eigenvalue weighted by Gasteiger charge is 2.26. The van der Waals surface area contributed by atoms with Gasteiger partial charge in [-0.3, -0.25) is 4.79 Å². The molecule has 1 aromatic carbocycles. The molecule has 0 aromatic heterocycles. The topological polar surface area (TPSA) is 54.5 Å². The number of halogens is 1. The Morgan fingerprint density at radius 1 is 1.26 bits per heavy atom. The predicted molar refractivity (Wildman–Crippen MR) is 75.9 cm³/mol. The van der Waals surface area contributed by atoms with Crippen LogP contribution in [0.3, 0.4) is 0 Å². The molecule has 0 N–H and O–H groups in total. The fourth-order valence-electron chi connectivity index (χ4n) is 1.47. The first-order chi connectivity index (χ1) is 8.59. The highest BCUT2D eigenvalue weighted by molar-refractivity contribution is 8.13. The van der Waals surface area contributed by atoms with E-state index in [9.17, 15) is 13.2 Å². The maximum absolute atomic E-state index is 12.3. The number of carbonyl (C=O) groups excluding carboxylic acids is 1. The lowest BCUT2D eigenvalue weighted by Gasteiger charge is -2.35. The Hall–Kier alpha value is -1.07. The van der Waals surface area contributed by atoms with Crippen molar-refractivity contribution in [2.45, 2.75) is 37.6 Å². The minimum absolute atomic E-state index is 0.0110. The zero-order valence-corrected chi connectivity index (χ0v) is 13.0. The first kappa shape index (κ1) is 16.0. The second-order valence-corrected chi connectivity index (χ2v) is 7.56. The van der Waals surface area contributed by atoms with Gasteiger partial charge >= 0.3 is 0 Å². The predicted octanol–water partition coefficient (Wildman–Crippen LogP) is 2.87. The average Bonchev–Trinajstić information content (AvgIpc) is 2.36. The van der Waals surface area contributed by atoms with Crippen molar-refractivity contribution in [3.8, 4) is 0 Å². The maximum atomic E-state index is 12.3. The van der Waals surface area contributed by atoms with Crippen LogP contribution in [0, 0.1) is 0 Å². The van der Waals surface area contributed by atoms with Crippen LogP contribution in [0.1, 0.15) is 37.6 Å².